The van der Waals surface area contributed by atoms with Crippen molar-refractivity contribution in [2.75, 3.05) is 0 Å². The van der Waals surface area contributed by atoms with Gasteiger partial charge in [0.15, 0.2) is 0 Å². The lowest BCUT2D eigenvalue weighted by Crippen LogP contribution is -2.16. The molecule has 0 unspecified atom stereocenters. The summed E-state index contributed by atoms with van der Waals surface area (Å²) in [5.74, 6) is -0.529. The minimum atomic E-state index is -0.981. The minimum Gasteiger partial charge on any atom is -0.429 e. The Hall–Kier alpha value is -1.26. The largest absolute Gasteiger partial charge is 0.550 e. The molecule has 0 heterocycles. The molecule has 0 atom stereocenters. The van der Waals surface area contributed by atoms with Gasteiger partial charge in [-0.05, 0) is 20.3 Å². The van der Waals surface area contributed by atoms with Crippen molar-refractivity contribution < 1.29 is 24.1 Å². The topological polar surface area (TPSA) is 61.8 Å². The van der Waals surface area contributed by atoms with Crippen LogP contribution in [0.3, 0.4) is 0 Å². The van der Waals surface area contributed by atoms with E-state index >= 15 is 0 Å². The highest BCUT2D eigenvalue weighted by Crippen LogP contribution is 2.10. The smallest absolute Gasteiger partial charge is 0.429 e. The van der Waals surface area contributed by atoms with E-state index in [-0.39, 0.29) is 12.5 Å². The van der Waals surface area contributed by atoms with E-state index in [2.05, 4.69) is 21.4 Å². The molecule has 124 valence electrons. The summed E-state index contributed by atoms with van der Waals surface area (Å²) in [4.78, 5) is 30.8. The Balaban J connectivity index is 3.32. The van der Waals surface area contributed by atoms with Crippen LogP contribution in [0.5, 0.6) is 0 Å². The van der Waals surface area contributed by atoms with E-state index in [1.807, 2.05) is 0 Å². The average molecular weight is 302 g/mol. The van der Waals surface area contributed by atoms with Crippen LogP contribution in [-0.2, 0) is 19.3 Å². The first-order valence-corrected chi connectivity index (χ1v) is 8.14. The Labute approximate surface area is 128 Å². The van der Waals surface area contributed by atoms with Crippen molar-refractivity contribution in [3.63, 3.8) is 0 Å². The van der Waals surface area contributed by atoms with E-state index in [1.54, 1.807) is 13.8 Å². The van der Waals surface area contributed by atoms with Crippen LogP contribution >= 0.6 is 0 Å². The predicted octanol–water partition coefficient (Wildman–Crippen LogP) is 4.93. The van der Waals surface area contributed by atoms with Gasteiger partial charge in [0.25, 0.3) is 0 Å². The molecule has 5 heteroatoms. The van der Waals surface area contributed by atoms with Crippen molar-refractivity contribution in [1.82, 2.24) is 0 Å². The Bertz CT molecular complexity index is 276. The zero-order valence-corrected chi connectivity index (χ0v) is 13.7. The maximum absolute atomic E-state index is 11.3. The summed E-state index contributed by atoms with van der Waals surface area (Å²) in [5, 5.41) is 0. The Morgan fingerprint density at radius 1 is 0.810 bits per heavy atom. The molecular weight excluding hydrogens is 272 g/mol. The van der Waals surface area contributed by atoms with Gasteiger partial charge in [-0.2, -0.15) is 4.79 Å². The Morgan fingerprint density at radius 2 is 1.33 bits per heavy atom. The van der Waals surface area contributed by atoms with Crippen LogP contribution in [0.15, 0.2) is 0 Å². The number of carbonyl (C=O) groups is 2. The van der Waals surface area contributed by atoms with Gasteiger partial charge >= 0.3 is 12.1 Å². The van der Waals surface area contributed by atoms with Crippen molar-refractivity contribution in [2.24, 2.45) is 0 Å². The molecule has 0 rings (SSSR count). The molecule has 0 saturated heterocycles. The first kappa shape index (κ1) is 19.7. The van der Waals surface area contributed by atoms with Gasteiger partial charge in [-0.25, -0.2) is 14.6 Å². The summed E-state index contributed by atoms with van der Waals surface area (Å²) in [6, 6.07) is 0. The van der Waals surface area contributed by atoms with Crippen LogP contribution in [0.4, 0.5) is 4.79 Å². The minimum absolute atomic E-state index is 0.269. The van der Waals surface area contributed by atoms with Gasteiger partial charge in [-0.15, -0.1) is 0 Å². The fourth-order valence-corrected chi connectivity index (χ4v) is 1.91. The van der Waals surface area contributed by atoms with Gasteiger partial charge in [0, 0.05) is 0 Å². The third-order valence-electron chi connectivity index (χ3n) is 3.02. The molecule has 5 nitrogen and oxygen atoms in total. The number of unbranched alkanes of at least 4 members (excludes halogenated alkanes) is 8. The molecule has 0 aliphatic heterocycles. The highest BCUT2D eigenvalue weighted by molar-refractivity contribution is 5.70. The van der Waals surface area contributed by atoms with Crippen molar-refractivity contribution in [3.05, 3.63) is 0 Å². The first-order valence-electron chi connectivity index (χ1n) is 8.14. The summed E-state index contributed by atoms with van der Waals surface area (Å²) >= 11 is 0. The van der Waals surface area contributed by atoms with Crippen molar-refractivity contribution in [3.8, 4) is 0 Å². The van der Waals surface area contributed by atoms with E-state index in [0.29, 0.717) is 0 Å². The van der Waals surface area contributed by atoms with Crippen LogP contribution in [0.1, 0.15) is 85.0 Å². The average Bonchev–Trinajstić information content (AvgIpc) is 2.42. The van der Waals surface area contributed by atoms with E-state index in [0.717, 1.165) is 19.3 Å². The second-order valence-electron chi connectivity index (χ2n) is 5.53. The third kappa shape index (κ3) is 15.0. The van der Waals surface area contributed by atoms with Crippen LogP contribution in [0.2, 0.25) is 0 Å². The van der Waals surface area contributed by atoms with E-state index in [4.69, 9.17) is 0 Å². The summed E-state index contributed by atoms with van der Waals surface area (Å²) < 4.78 is 4.66. The molecule has 0 spiro atoms. The maximum Gasteiger partial charge on any atom is 0.550 e. The molecule has 21 heavy (non-hydrogen) atoms. The highest BCUT2D eigenvalue weighted by atomic mass is 17.2. The summed E-state index contributed by atoms with van der Waals surface area (Å²) in [6.07, 6.45) is 9.61. The van der Waals surface area contributed by atoms with Gasteiger partial charge in [0.1, 0.15) is 0 Å². The maximum atomic E-state index is 11.3. The van der Waals surface area contributed by atoms with Gasteiger partial charge in [0.05, 0.1) is 12.5 Å². The second kappa shape index (κ2) is 13.7. The number of rotatable bonds is 11. The fraction of sp³-hybridized carbons (Fsp3) is 0.875. The molecule has 0 aromatic carbocycles. The quantitative estimate of drug-likeness (QED) is 0.234. The van der Waals surface area contributed by atoms with E-state index < -0.39 is 12.1 Å². The van der Waals surface area contributed by atoms with E-state index in [1.165, 1.54) is 38.5 Å². The lowest BCUT2D eigenvalue weighted by Gasteiger charge is -2.06. The number of hydrogen-bond donors (Lipinski definition) is 0. The molecule has 0 N–H and O–H groups in total. The second-order valence-corrected chi connectivity index (χ2v) is 5.53. The van der Waals surface area contributed by atoms with Gasteiger partial charge in [-0.1, -0.05) is 58.3 Å². The zero-order chi connectivity index (χ0) is 15.9. The van der Waals surface area contributed by atoms with Gasteiger partial charge in [0.2, 0.25) is 0 Å². The molecule has 0 aromatic rings. The van der Waals surface area contributed by atoms with Crippen molar-refractivity contribution in [2.45, 2.75) is 91.1 Å². The van der Waals surface area contributed by atoms with Crippen LogP contribution in [0, 0.1) is 0 Å². The number of ether oxygens (including phenoxy) is 1. The van der Waals surface area contributed by atoms with Crippen LogP contribution < -0.4 is 0 Å². The molecule has 0 amide bonds. The van der Waals surface area contributed by atoms with Crippen molar-refractivity contribution >= 4 is 12.1 Å². The predicted molar refractivity (Wildman–Crippen MR) is 80.6 cm³/mol. The third-order valence-corrected chi connectivity index (χ3v) is 3.02. The molecular formula is C16H30O5. The summed E-state index contributed by atoms with van der Waals surface area (Å²) in [7, 11) is 0. The van der Waals surface area contributed by atoms with E-state index in [9.17, 15) is 9.59 Å². The van der Waals surface area contributed by atoms with Crippen molar-refractivity contribution in [1.29, 1.82) is 0 Å². The molecule has 0 aromatic heterocycles. The molecule has 0 aliphatic rings. The molecule has 0 saturated carbocycles. The lowest BCUT2D eigenvalue weighted by molar-refractivity contribution is -0.245. The first-order chi connectivity index (χ1) is 10.1. The van der Waals surface area contributed by atoms with Crippen LogP contribution in [-0.4, -0.2) is 18.2 Å². The lowest BCUT2D eigenvalue weighted by atomic mass is 10.1. The fourth-order valence-electron chi connectivity index (χ4n) is 1.91. The SMILES string of the molecule is CCCCCCCCCCCC(=O)OOC(=O)OC(C)C. The summed E-state index contributed by atoms with van der Waals surface area (Å²) in [6.45, 7) is 5.59. The molecule has 0 bridgehead atoms. The molecule has 0 radical (unpaired) electrons. The Kier molecular flexibility index (Phi) is 12.9. The normalized spacial score (nSPS) is 10.5. The van der Waals surface area contributed by atoms with Gasteiger partial charge < -0.3 is 4.74 Å². The molecule has 0 fully saturated rings. The van der Waals surface area contributed by atoms with Crippen LogP contribution in [0.25, 0.3) is 0 Å². The number of carbonyl (C=O) groups excluding carboxylic acids is 2. The standard InChI is InChI=1S/C16H30O5/c1-4-5-6-7-8-9-10-11-12-13-15(17)20-21-16(18)19-14(2)3/h14H,4-13H2,1-3H3. The number of hydrogen-bond acceptors (Lipinski definition) is 5. The summed E-state index contributed by atoms with van der Waals surface area (Å²) in [5.41, 5.74) is 0. The molecule has 0 aliphatic carbocycles. The van der Waals surface area contributed by atoms with Gasteiger partial charge in [-0.3, -0.25) is 0 Å². The zero-order valence-electron chi connectivity index (χ0n) is 13.7. The Morgan fingerprint density at radius 3 is 1.86 bits per heavy atom. The monoisotopic (exact) mass is 302 g/mol. The highest BCUT2D eigenvalue weighted by Gasteiger charge is 2.11.